The monoisotopic (exact) mass is 878 g/mol. The Morgan fingerprint density at radius 1 is 0.379 bits per heavy atom. The molecule has 2 aromatic heterocycles. The topological polar surface area (TPSA) is 80.3 Å². The third kappa shape index (κ3) is 6.50. The van der Waals surface area contributed by atoms with Gasteiger partial charge in [-0.25, -0.2) is 0 Å². The van der Waals surface area contributed by atoms with E-state index in [1.165, 1.54) is 24.3 Å². The second kappa shape index (κ2) is 14.9. The standard InChI is InChI=1S/C54H28F6N4O2/c55-53(56,57)33-13-21-37(22-14-33)63(35-17-9-31(29-61)10-18-35)44-27-47-49(41-7-3-1-5-39(41)44)43-25-26-46-51(52(43)66-47)50-42-8-4-2-6-40(42)45(28-48(50)65-46)64(36-19-11-32(30-62)12-20-36)38-23-15-34(16-24-38)54(58,59)60/h1-28H. The Bertz CT molecular complexity index is 3800. The van der Waals surface area contributed by atoms with Crippen LogP contribution in [-0.2, 0) is 12.4 Å². The van der Waals surface area contributed by atoms with Crippen molar-refractivity contribution in [2.45, 2.75) is 12.4 Å². The minimum Gasteiger partial charge on any atom is -0.456 e. The van der Waals surface area contributed by atoms with Crippen LogP contribution in [0.25, 0.3) is 65.4 Å². The SMILES string of the molecule is N#Cc1ccc(N(c2ccc(C(F)(F)F)cc2)c2cc3oc4c(ccc5oc6cc(N(c7ccc(C#N)cc7)c7ccc(C(F)(F)F)cc7)c7ccccc7c6c54)c3c3ccccc23)cc1. The van der Waals surface area contributed by atoms with Crippen LogP contribution in [0.4, 0.5) is 60.5 Å². The molecule has 2 heterocycles. The zero-order chi connectivity index (χ0) is 45.5. The number of fused-ring (bicyclic) bond motifs is 11. The Balaban J connectivity index is 1.16. The molecule has 0 unspecified atom stereocenters. The summed E-state index contributed by atoms with van der Waals surface area (Å²) in [4.78, 5) is 3.67. The first-order valence-electron chi connectivity index (χ1n) is 20.5. The molecule has 0 bridgehead atoms. The van der Waals surface area contributed by atoms with Crippen molar-refractivity contribution in [3.8, 4) is 12.1 Å². The number of halogens is 6. The van der Waals surface area contributed by atoms with Gasteiger partial charge >= 0.3 is 12.4 Å². The van der Waals surface area contributed by atoms with Crippen LogP contribution in [0.3, 0.4) is 0 Å². The van der Waals surface area contributed by atoms with Gasteiger partial charge in [0.1, 0.15) is 22.3 Å². The summed E-state index contributed by atoms with van der Waals surface area (Å²) >= 11 is 0. The molecule has 0 saturated carbocycles. The molecule has 9 aromatic carbocycles. The lowest BCUT2D eigenvalue weighted by atomic mass is 9.98. The first kappa shape index (κ1) is 40.1. The predicted molar refractivity (Wildman–Crippen MR) is 245 cm³/mol. The summed E-state index contributed by atoms with van der Waals surface area (Å²) in [6.07, 6.45) is -9.08. The van der Waals surface area contributed by atoms with Crippen LogP contribution in [-0.4, -0.2) is 0 Å². The van der Waals surface area contributed by atoms with Crippen molar-refractivity contribution in [2.24, 2.45) is 0 Å². The Kier molecular flexibility index (Phi) is 9.06. The number of nitrogens with zero attached hydrogens (tertiary/aromatic N) is 4. The van der Waals surface area contributed by atoms with Gasteiger partial charge in [-0.05, 0) is 120 Å². The van der Waals surface area contributed by atoms with E-state index >= 15 is 0 Å². The first-order valence-corrected chi connectivity index (χ1v) is 20.5. The number of hydrogen-bond acceptors (Lipinski definition) is 6. The highest BCUT2D eigenvalue weighted by Gasteiger charge is 2.32. The van der Waals surface area contributed by atoms with Gasteiger partial charge < -0.3 is 18.6 Å². The Labute approximate surface area is 370 Å². The van der Waals surface area contributed by atoms with Gasteiger partial charge in [-0.1, -0.05) is 48.5 Å². The fourth-order valence-corrected chi connectivity index (χ4v) is 8.97. The highest BCUT2D eigenvalue weighted by molar-refractivity contribution is 6.32. The van der Waals surface area contributed by atoms with Crippen molar-refractivity contribution < 1.29 is 35.2 Å². The minimum atomic E-state index is -4.54. The quantitative estimate of drug-likeness (QED) is 0.155. The maximum Gasteiger partial charge on any atom is 0.416 e. The van der Waals surface area contributed by atoms with Gasteiger partial charge in [0.2, 0.25) is 0 Å². The molecular weight excluding hydrogens is 851 g/mol. The van der Waals surface area contributed by atoms with E-state index in [0.29, 0.717) is 73.0 Å². The summed E-state index contributed by atoms with van der Waals surface area (Å²) in [6.45, 7) is 0. The van der Waals surface area contributed by atoms with E-state index in [0.717, 1.165) is 62.0 Å². The summed E-state index contributed by atoms with van der Waals surface area (Å²) in [6, 6.07) is 50.5. The van der Waals surface area contributed by atoms with Gasteiger partial charge in [0.15, 0.2) is 0 Å². The smallest absolute Gasteiger partial charge is 0.416 e. The molecule has 0 amide bonds. The van der Waals surface area contributed by atoms with Gasteiger partial charge in [-0.3, -0.25) is 0 Å². The Hall–Kier alpha value is -8.74. The van der Waals surface area contributed by atoms with Crippen molar-refractivity contribution in [3.05, 3.63) is 192 Å². The van der Waals surface area contributed by atoms with Crippen LogP contribution in [0.15, 0.2) is 179 Å². The molecule has 11 aromatic rings. The fourth-order valence-electron chi connectivity index (χ4n) is 8.97. The Morgan fingerprint density at radius 3 is 1.20 bits per heavy atom. The molecule has 12 heteroatoms. The maximum absolute atomic E-state index is 13.8. The molecule has 318 valence electrons. The van der Waals surface area contributed by atoms with Crippen LogP contribution in [0.5, 0.6) is 0 Å². The molecule has 0 aliphatic rings. The summed E-state index contributed by atoms with van der Waals surface area (Å²) < 4.78 is 96.1. The van der Waals surface area contributed by atoms with Gasteiger partial charge in [0.05, 0.1) is 51.2 Å². The number of benzene rings is 9. The lowest BCUT2D eigenvalue weighted by Crippen LogP contribution is -2.11. The van der Waals surface area contributed by atoms with E-state index in [4.69, 9.17) is 8.83 Å². The fraction of sp³-hybridized carbons (Fsp3) is 0.0370. The van der Waals surface area contributed by atoms with Crippen molar-refractivity contribution in [1.29, 1.82) is 10.5 Å². The van der Waals surface area contributed by atoms with Crippen LogP contribution < -0.4 is 9.80 Å². The van der Waals surface area contributed by atoms with Gasteiger partial charge in [-0.15, -0.1) is 0 Å². The van der Waals surface area contributed by atoms with Crippen molar-refractivity contribution in [3.63, 3.8) is 0 Å². The summed E-state index contributed by atoms with van der Waals surface area (Å²) in [7, 11) is 0. The van der Waals surface area contributed by atoms with Crippen LogP contribution in [0, 0.1) is 22.7 Å². The van der Waals surface area contributed by atoms with Crippen molar-refractivity contribution in [2.75, 3.05) is 9.80 Å². The maximum atomic E-state index is 13.8. The largest absolute Gasteiger partial charge is 0.456 e. The molecule has 0 aliphatic heterocycles. The average molecular weight is 879 g/mol. The predicted octanol–water partition coefficient (Wildman–Crippen LogP) is 16.5. The molecule has 11 rings (SSSR count). The second-order valence-corrected chi connectivity index (χ2v) is 15.7. The molecule has 0 aliphatic carbocycles. The third-order valence-electron chi connectivity index (χ3n) is 11.9. The van der Waals surface area contributed by atoms with E-state index in [2.05, 4.69) is 12.1 Å². The molecule has 0 fully saturated rings. The number of hydrogen-bond donors (Lipinski definition) is 0. The minimum absolute atomic E-state index is 0.417. The summed E-state index contributed by atoms with van der Waals surface area (Å²) in [5.41, 5.74) is 4.63. The van der Waals surface area contributed by atoms with Gasteiger partial charge in [-0.2, -0.15) is 36.9 Å². The molecule has 0 atom stereocenters. The van der Waals surface area contributed by atoms with Crippen LogP contribution in [0.1, 0.15) is 22.3 Å². The lowest BCUT2D eigenvalue weighted by Gasteiger charge is -2.27. The molecule has 6 nitrogen and oxygen atoms in total. The van der Waals surface area contributed by atoms with Gasteiger partial charge in [0.25, 0.3) is 0 Å². The van der Waals surface area contributed by atoms with Crippen molar-refractivity contribution >= 4 is 99.5 Å². The molecular formula is C54H28F6N4O2. The number of alkyl halides is 6. The zero-order valence-electron chi connectivity index (χ0n) is 34.0. The molecule has 0 radical (unpaired) electrons. The number of rotatable bonds is 6. The molecule has 0 spiro atoms. The summed E-state index contributed by atoms with van der Waals surface area (Å²) in [5.74, 6) is 0. The van der Waals surface area contributed by atoms with E-state index in [1.807, 2.05) is 82.6 Å². The van der Waals surface area contributed by atoms with E-state index in [1.54, 1.807) is 48.5 Å². The first-order chi connectivity index (χ1) is 31.9. The van der Waals surface area contributed by atoms with Crippen LogP contribution in [0.2, 0.25) is 0 Å². The molecule has 0 N–H and O–H groups in total. The van der Waals surface area contributed by atoms with Gasteiger partial charge in [0, 0.05) is 61.8 Å². The average Bonchev–Trinajstić information content (AvgIpc) is 3.91. The summed E-state index contributed by atoms with van der Waals surface area (Å²) in [5, 5.41) is 25.3. The highest BCUT2D eigenvalue weighted by Crippen LogP contribution is 2.50. The third-order valence-corrected chi connectivity index (χ3v) is 11.9. The molecule has 0 saturated heterocycles. The van der Waals surface area contributed by atoms with Crippen LogP contribution >= 0.6 is 0 Å². The van der Waals surface area contributed by atoms with Crippen molar-refractivity contribution in [1.82, 2.24) is 0 Å². The lowest BCUT2D eigenvalue weighted by molar-refractivity contribution is -0.138. The zero-order valence-corrected chi connectivity index (χ0v) is 34.0. The number of nitriles is 2. The molecule has 66 heavy (non-hydrogen) atoms. The second-order valence-electron chi connectivity index (χ2n) is 15.7. The number of anilines is 6. The van der Waals surface area contributed by atoms with E-state index < -0.39 is 23.5 Å². The number of furan rings is 2. The Morgan fingerprint density at radius 2 is 0.773 bits per heavy atom. The normalized spacial score (nSPS) is 12.1. The highest BCUT2D eigenvalue weighted by atomic mass is 19.4. The van der Waals surface area contributed by atoms with E-state index in [-0.39, 0.29) is 0 Å². The van der Waals surface area contributed by atoms with E-state index in [9.17, 15) is 36.9 Å².